The zero-order valence-corrected chi connectivity index (χ0v) is 16.1. The molecule has 24 heavy (non-hydrogen) atoms. The van der Waals surface area contributed by atoms with Crippen LogP contribution in [0.25, 0.3) is 0 Å². The molecule has 138 valence electrons. The van der Waals surface area contributed by atoms with E-state index in [1.54, 1.807) is 16.2 Å². The maximum atomic E-state index is 12.0. The van der Waals surface area contributed by atoms with Crippen LogP contribution in [0.15, 0.2) is 5.38 Å². The van der Waals surface area contributed by atoms with Gasteiger partial charge in [-0.25, -0.2) is 4.98 Å². The third-order valence-corrected chi connectivity index (χ3v) is 4.68. The summed E-state index contributed by atoms with van der Waals surface area (Å²) < 4.78 is 0. The Morgan fingerprint density at radius 1 is 1.29 bits per heavy atom. The summed E-state index contributed by atoms with van der Waals surface area (Å²) in [5.41, 5.74) is 6.30. The van der Waals surface area contributed by atoms with Crippen molar-refractivity contribution in [1.29, 1.82) is 0 Å². The summed E-state index contributed by atoms with van der Waals surface area (Å²) in [5, 5.41) is 5.79. The summed E-state index contributed by atoms with van der Waals surface area (Å²) in [4.78, 5) is 31.7. The van der Waals surface area contributed by atoms with Crippen molar-refractivity contribution >= 4 is 48.0 Å². The molecule has 0 spiro atoms. The Morgan fingerprint density at radius 2 is 1.96 bits per heavy atom. The van der Waals surface area contributed by atoms with E-state index in [1.165, 1.54) is 5.01 Å². The van der Waals surface area contributed by atoms with Gasteiger partial charge in [0.1, 0.15) is 0 Å². The lowest BCUT2D eigenvalue weighted by atomic mass is 10.3. The van der Waals surface area contributed by atoms with E-state index >= 15 is 0 Å². The van der Waals surface area contributed by atoms with E-state index in [0.717, 1.165) is 31.7 Å². The highest BCUT2D eigenvalue weighted by Gasteiger charge is 2.21. The van der Waals surface area contributed by atoms with Crippen LogP contribution in [-0.4, -0.2) is 65.9 Å². The average Bonchev–Trinajstić information content (AvgIpc) is 3.00. The van der Waals surface area contributed by atoms with Crippen LogP contribution in [0, 0.1) is 0 Å². The van der Waals surface area contributed by atoms with Gasteiger partial charge >= 0.3 is 0 Å². The zero-order valence-electron chi connectivity index (χ0n) is 13.7. The first-order valence-electron chi connectivity index (χ1n) is 7.52. The summed E-state index contributed by atoms with van der Waals surface area (Å²) in [7, 11) is 0. The van der Waals surface area contributed by atoms with Gasteiger partial charge in [0, 0.05) is 38.1 Å². The first-order valence-corrected chi connectivity index (χ1v) is 8.40. The van der Waals surface area contributed by atoms with Crippen LogP contribution in [0.2, 0.25) is 0 Å². The molecule has 10 heteroatoms. The number of carbonyl (C=O) groups excluding carboxylic acids is 2. The number of thiazole rings is 1. The average molecular weight is 398 g/mol. The van der Waals surface area contributed by atoms with Crippen LogP contribution in [0.5, 0.6) is 0 Å². The molecule has 1 fully saturated rings. The van der Waals surface area contributed by atoms with Gasteiger partial charge in [-0.3, -0.25) is 14.5 Å². The van der Waals surface area contributed by atoms with Crippen LogP contribution in [0.3, 0.4) is 0 Å². The maximum absolute atomic E-state index is 12.0. The molecule has 2 rings (SSSR count). The normalized spacial score (nSPS) is 14.5. The highest BCUT2D eigenvalue weighted by molar-refractivity contribution is 7.09. The van der Waals surface area contributed by atoms with Gasteiger partial charge in [0.15, 0.2) is 0 Å². The van der Waals surface area contributed by atoms with E-state index in [9.17, 15) is 9.59 Å². The molecule has 7 nitrogen and oxygen atoms in total. The number of carbonyl (C=O) groups is 2. The fraction of sp³-hybridized carbons (Fsp3) is 0.643. The summed E-state index contributed by atoms with van der Waals surface area (Å²) in [6.07, 6.45) is 0.974. The van der Waals surface area contributed by atoms with E-state index < -0.39 is 0 Å². The van der Waals surface area contributed by atoms with Crippen molar-refractivity contribution in [3.05, 3.63) is 16.1 Å². The second-order valence-electron chi connectivity index (χ2n) is 5.22. The van der Waals surface area contributed by atoms with E-state index in [0.29, 0.717) is 13.1 Å². The van der Waals surface area contributed by atoms with Crippen LogP contribution >= 0.6 is 36.2 Å². The number of aromatic nitrogens is 1. The lowest BCUT2D eigenvalue weighted by Gasteiger charge is -2.34. The molecular weight excluding hydrogens is 373 g/mol. The van der Waals surface area contributed by atoms with E-state index in [-0.39, 0.29) is 49.7 Å². The fourth-order valence-electron chi connectivity index (χ4n) is 2.33. The molecule has 0 unspecified atom stereocenters. The van der Waals surface area contributed by atoms with Gasteiger partial charge in [0.25, 0.3) is 0 Å². The predicted octanol–water partition coefficient (Wildman–Crippen LogP) is 0.268. The molecule has 0 radical (unpaired) electrons. The molecule has 1 saturated heterocycles. The molecule has 0 aliphatic carbocycles. The fourth-order valence-corrected chi connectivity index (χ4v) is 3.06. The molecule has 1 aliphatic rings. The van der Waals surface area contributed by atoms with Crippen molar-refractivity contribution in [2.45, 2.75) is 19.9 Å². The van der Waals surface area contributed by atoms with Crippen LogP contribution < -0.4 is 11.1 Å². The quantitative estimate of drug-likeness (QED) is 0.718. The smallest absolute Gasteiger partial charge is 0.242 e. The van der Waals surface area contributed by atoms with Gasteiger partial charge in [0.05, 0.1) is 23.8 Å². The Balaban J connectivity index is 0.00000264. The Morgan fingerprint density at radius 3 is 2.50 bits per heavy atom. The van der Waals surface area contributed by atoms with Crippen LogP contribution in [-0.2, 0) is 22.6 Å². The minimum atomic E-state index is -0.303. The Hall–Kier alpha value is -0.930. The minimum absolute atomic E-state index is 0. The first kappa shape index (κ1) is 23.1. The summed E-state index contributed by atoms with van der Waals surface area (Å²) in [6.45, 7) is 5.91. The lowest BCUT2D eigenvalue weighted by molar-refractivity contribution is -0.134. The number of nitrogens with zero attached hydrogens (tertiary/aromatic N) is 3. The second-order valence-corrected chi connectivity index (χ2v) is 6.17. The van der Waals surface area contributed by atoms with Crippen LogP contribution in [0.4, 0.5) is 0 Å². The largest absolute Gasteiger partial charge is 0.346 e. The highest BCUT2D eigenvalue weighted by Crippen LogP contribution is 2.13. The first-order chi connectivity index (χ1) is 10.6. The molecule has 0 aromatic carbocycles. The highest BCUT2D eigenvalue weighted by atomic mass is 35.5. The maximum Gasteiger partial charge on any atom is 0.242 e. The standard InChI is InChI=1S/C14H23N5O2S.2ClH/c1-2-13-17-11(10-22-13)9-18-3-5-19(6-4-18)14(21)8-16-12(20)7-15;;/h10H,2-9,15H2,1H3,(H,16,20);2*1H. The number of halogens is 2. The Kier molecular flexibility index (Phi) is 11.1. The van der Waals surface area contributed by atoms with Gasteiger partial charge in [-0.15, -0.1) is 36.2 Å². The zero-order chi connectivity index (χ0) is 15.9. The number of aryl methyl sites for hydroxylation is 1. The predicted molar refractivity (Wildman–Crippen MR) is 99.9 cm³/mol. The van der Waals surface area contributed by atoms with Crippen molar-refractivity contribution < 1.29 is 9.59 Å². The number of nitrogens with one attached hydrogen (secondary N) is 1. The summed E-state index contributed by atoms with van der Waals surface area (Å²) in [5.74, 6) is -0.356. The van der Waals surface area contributed by atoms with E-state index in [2.05, 4.69) is 27.5 Å². The molecule has 2 amide bonds. The van der Waals surface area contributed by atoms with Gasteiger partial charge in [0.2, 0.25) is 11.8 Å². The molecule has 3 N–H and O–H groups in total. The summed E-state index contributed by atoms with van der Waals surface area (Å²) in [6, 6.07) is 0. The number of rotatable bonds is 6. The number of amides is 2. The van der Waals surface area contributed by atoms with Crippen molar-refractivity contribution in [1.82, 2.24) is 20.1 Å². The van der Waals surface area contributed by atoms with Crippen molar-refractivity contribution in [2.75, 3.05) is 39.3 Å². The number of nitrogens with two attached hydrogens (primary N) is 1. The molecule has 1 aliphatic heterocycles. The SMILES string of the molecule is CCc1nc(CN2CCN(C(=O)CNC(=O)CN)CC2)cs1.Cl.Cl. The molecule has 1 aromatic heterocycles. The van der Waals surface area contributed by atoms with Crippen LogP contribution in [0.1, 0.15) is 17.6 Å². The van der Waals surface area contributed by atoms with E-state index in [1.807, 2.05) is 0 Å². The van der Waals surface area contributed by atoms with Gasteiger partial charge < -0.3 is 16.0 Å². The molecule has 0 saturated carbocycles. The number of hydrogen-bond acceptors (Lipinski definition) is 6. The van der Waals surface area contributed by atoms with Crippen molar-refractivity contribution in [3.63, 3.8) is 0 Å². The molecule has 2 heterocycles. The lowest BCUT2D eigenvalue weighted by Crippen LogP contribution is -2.51. The monoisotopic (exact) mass is 397 g/mol. The van der Waals surface area contributed by atoms with Gasteiger partial charge in [-0.2, -0.15) is 0 Å². The van der Waals surface area contributed by atoms with Gasteiger partial charge in [-0.05, 0) is 6.42 Å². The molecular formula is C14H25Cl2N5O2S. The Bertz CT molecular complexity index is 521. The van der Waals surface area contributed by atoms with E-state index in [4.69, 9.17) is 5.73 Å². The number of piperazine rings is 1. The van der Waals surface area contributed by atoms with Gasteiger partial charge in [-0.1, -0.05) is 6.92 Å². The van der Waals surface area contributed by atoms with Crippen molar-refractivity contribution in [3.8, 4) is 0 Å². The third kappa shape index (κ3) is 6.90. The minimum Gasteiger partial charge on any atom is -0.346 e. The number of hydrogen-bond donors (Lipinski definition) is 2. The topological polar surface area (TPSA) is 91.6 Å². The third-order valence-electron chi connectivity index (χ3n) is 3.63. The molecule has 1 aromatic rings. The van der Waals surface area contributed by atoms with Crippen molar-refractivity contribution in [2.24, 2.45) is 5.73 Å². The second kappa shape index (κ2) is 11.6. The molecule has 0 atom stereocenters. The Labute approximate surface area is 158 Å². The summed E-state index contributed by atoms with van der Waals surface area (Å²) >= 11 is 1.70. The molecule has 0 bridgehead atoms.